The van der Waals surface area contributed by atoms with Crippen molar-refractivity contribution in [1.29, 1.82) is 0 Å². The number of halogens is 2. The highest BCUT2D eigenvalue weighted by molar-refractivity contribution is 5.71. The monoisotopic (exact) mass is 446 g/mol. The zero-order valence-electron chi connectivity index (χ0n) is 16.9. The van der Waals surface area contributed by atoms with E-state index in [0.29, 0.717) is 36.6 Å². The molecule has 1 saturated heterocycles. The molecule has 1 fully saturated rings. The Hall–Kier alpha value is -4.03. The van der Waals surface area contributed by atoms with Crippen LogP contribution in [-0.4, -0.2) is 61.0 Å². The first kappa shape index (κ1) is 21.2. The Morgan fingerprint density at radius 2 is 2.12 bits per heavy atom. The molecule has 3 aromatic rings. The topological polar surface area (TPSA) is 144 Å². The van der Waals surface area contributed by atoms with Crippen molar-refractivity contribution in [2.24, 2.45) is 0 Å². The minimum atomic E-state index is -2.86. The Balaban J connectivity index is 1.55. The molecule has 1 aliphatic heterocycles. The Bertz CT molecular complexity index is 1140. The Morgan fingerprint density at radius 3 is 2.81 bits per heavy atom. The lowest BCUT2D eigenvalue weighted by molar-refractivity contribution is 0.140. The summed E-state index contributed by atoms with van der Waals surface area (Å²) in [7, 11) is 1.49. The number of anilines is 3. The predicted octanol–water partition coefficient (Wildman–Crippen LogP) is 2.93. The minimum absolute atomic E-state index is 0.0491. The van der Waals surface area contributed by atoms with Crippen LogP contribution >= 0.6 is 0 Å². The lowest BCUT2D eigenvalue weighted by atomic mass is 10.1. The number of hydrogen-bond acceptors (Lipinski definition) is 8. The lowest BCUT2D eigenvalue weighted by Gasteiger charge is -2.13. The van der Waals surface area contributed by atoms with Gasteiger partial charge < -0.3 is 25.8 Å². The van der Waals surface area contributed by atoms with Crippen LogP contribution in [-0.2, 0) is 0 Å². The van der Waals surface area contributed by atoms with Gasteiger partial charge in [-0.25, -0.2) is 28.5 Å². The van der Waals surface area contributed by atoms with E-state index in [1.807, 2.05) is 6.20 Å². The SMILES string of the molecule is COc1cc(Nc2cc(N)nc(C(F)F)n2)ncc1-c1cnn([C@@H]2CCN(C(=O)O)C2)c1. The van der Waals surface area contributed by atoms with E-state index in [-0.39, 0.29) is 17.7 Å². The number of pyridine rings is 1. The molecule has 0 unspecified atom stereocenters. The van der Waals surface area contributed by atoms with Crippen LogP contribution in [0.5, 0.6) is 5.75 Å². The van der Waals surface area contributed by atoms with Gasteiger partial charge in [0.1, 0.15) is 23.2 Å². The summed E-state index contributed by atoms with van der Waals surface area (Å²) in [5.74, 6) is 0.0761. The van der Waals surface area contributed by atoms with Gasteiger partial charge in [-0.2, -0.15) is 5.10 Å². The fourth-order valence-electron chi connectivity index (χ4n) is 3.48. The molecule has 1 atom stereocenters. The van der Waals surface area contributed by atoms with Crippen molar-refractivity contribution in [2.45, 2.75) is 18.9 Å². The van der Waals surface area contributed by atoms with E-state index in [0.717, 1.165) is 5.56 Å². The third-order valence-electron chi connectivity index (χ3n) is 5.02. The van der Waals surface area contributed by atoms with Crippen LogP contribution < -0.4 is 15.8 Å². The largest absolute Gasteiger partial charge is 0.496 e. The number of nitrogens with zero attached hydrogens (tertiary/aromatic N) is 6. The van der Waals surface area contributed by atoms with Crippen molar-refractivity contribution in [1.82, 2.24) is 29.6 Å². The van der Waals surface area contributed by atoms with Gasteiger partial charge in [0.2, 0.25) is 0 Å². The van der Waals surface area contributed by atoms with Gasteiger partial charge in [-0.05, 0) is 6.42 Å². The van der Waals surface area contributed by atoms with Gasteiger partial charge in [-0.15, -0.1) is 0 Å². The molecule has 0 bridgehead atoms. The van der Waals surface area contributed by atoms with Crippen molar-refractivity contribution in [3.63, 3.8) is 0 Å². The molecule has 32 heavy (non-hydrogen) atoms. The Morgan fingerprint density at radius 1 is 1.31 bits per heavy atom. The zero-order chi connectivity index (χ0) is 22.8. The summed E-state index contributed by atoms with van der Waals surface area (Å²) >= 11 is 0. The summed E-state index contributed by atoms with van der Waals surface area (Å²) in [6, 6.07) is 2.86. The molecule has 4 heterocycles. The van der Waals surface area contributed by atoms with E-state index < -0.39 is 18.3 Å². The summed E-state index contributed by atoms with van der Waals surface area (Å²) in [6.07, 6.45) is 1.88. The molecule has 4 rings (SSSR count). The summed E-state index contributed by atoms with van der Waals surface area (Å²) in [4.78, 5) is 24.0. The number of alkyl halides is 2. The van der Waals surface area contributed by atoms with Crippen LogP contribution in [0, 0.1) is 0 Å². The number of rotatable bonds is 6. The van der Waals surface area contributed by atoms with Crippen molar-refractivity contribution < 1.29 is 23.4 Å². The van der Waals surface area contributed by atoms with Crippen LogP contribution in [0.3, 0.4) is 0 Å². The molecule has 1 aliphatic rings. The van der Waals surface area contributed by atoms with Crippen LogP contribution in [0.15, 0.2) is 30.7 Å². The van der Waals surface area contributed by atoms with Crippen molar-refractivity contribution in [2.75, 3.05) is 31.2 Å². The molecule has 13 heteroatoms. The number of methoxy groups -OCH3 is 1. The predicted molar refractivity (Wildman–Crippen MR) is 110 cm³/mol. The van der Waals surface area contributed by atoms with Crippen molar-refractivity contribution in [3.05, 3.63) is 36.5 Å². The van der Waals surface area contributed by atoms with Crippen LogP contribution in [0.2, 0.25) is 0 Å². The maximum atomic E-state index is 12.9. The fourth-order valence-corrected chi connectivity index (χ4v) is 3.48. The third-order valence-corrected chi connectivity index (χ3v) is 5.02. The number of carbonyl (C=O) groups is 1. The van der Waals surface area contributed by atoms with E-state index >= 15 is 0 Å². The van der Waals surface area contributed by atoms with Crippen LogP contribution in [0.1, 0.15) is 24.7 Å². The van der Waals surface area contributed by atoms with Gasteiger partial charge in [-0.1, -0.05) is 0 Å². The lowest BCUT2D eigenvalue weighted by Crippen LogP contribution is -2.27. The van der Waals surface area contributed by atoms with Gasteiger partial charge in [-0.3, -0.25) is 4.68 Å². The van der Waals surface area contributed by atoms with E-state index in [4.69, 9.17) is 15.6 Å². The van der Waals surface area contributed by atoms with Gasteiger partial charge in [0, 0.05) is 48.7 Å². The molecule has 0 spiro atoms. The van der Waals surface area contributed by atoms with E-state index in [2.05, 4.69) is 25.4 Å². The average Bonchev–Trinajstić information content (AvgIpc) is 3.43. The second-order valence-corrected chi connectivity index (χ2v) is 7.11. The number of likely N-dealkylation sites (tertiary alicyclic amines) is 1. The second kappa shape index (κ2) is 8.61. The summed E-state index contributed by atoms with van der Waals surface area (Å²) < 4.78 is 33.0. The van der Waals surface area contributed by atoms with E-state index in [1.54, 1.807) is 23.1 Å². The number of aromatic nitrogens is 5. The molecule has 0 aromatic carbocycles. The van der Waals surface area contributed by atoms with Crippen molar-refractivity contribution >= 4 is 23.5 Å². The number of nitrogens with two attached hydrogens (primary N) is 1. The first-order valence-electron chi connectivity index (χ1n) is 9.60. The number of nitrogens with one attached hydrogen (secondary N) is 1. The van der Waals surface area contributed by atoms with Crippen LogP contribution in [0.25, 0.3) is 11.1 Å². The maximum absolute atomic E-state index is 12.9. The quantitative estimate of drug-likeness (QED) is 0.520. The molecular formula is C19H20F2N8O3. The number of carboxylic acid groups (broad SMARTS) is 1. The summed E-state index contributed by atoms with van der Waals surface area (Å²) in [6.45, 7) is 0.832. The minimum Gasteiger partial charge on any atom is -0.496 e. The Kier molecular flexibility index (Phi) is 5.71. The van der Waals surface area contributed by atoms with E-state index in [9.17, 15) is 13.6 Å². The smallest absolute Gasteiger partial charge is 0.407 e. The van der Waals surface area contributed by atoms with E-state index in [1.165, 1.54) is 18.1 Å². The molecule has 168 valence electrons. The van der Waals surface area contributed by atoms with Crippen molar-refractivity contribution in [3.8, 4) is 16.9 Å². The first-order chi connectivity index (χ1) is 15.3. The summed E-state index contributed by atoms with van der Waals surface area (Å²) in [5, 5.41) is 16.3. The van der Waals surface area contributed by atoms with Gasteiger partial charge >= 0.3 is 6.09 Å². The zero-order valence-corrected chi connectivity index (χ0v) is 16.9. The highest BCUT2D eigenvalue weighted by atomic mass is 19.3. The van der Waals surface area contributed by atoms with Crippen LogP contribution in [0.4, 0.5) is 31.0 Å². The number of hydrogen-bond donors (Lipinski definition) is 3. The molecule has 0 aliphatic carbocycles. The highest BCUT2D eigenvalue weighted by Crippen LogP contribution is 2.33. The number of nitrogen functional groups attached to an aromatic ring is 1. The van der Waals surface area contributed by atoms with Gasteiger partial charge in [0.25, 0.3) is 6.43 Å². The third kappa shape index (κ3) is 4.36. The molecule has 4 N–H and O–H groups in total. The van der Waals surface area contributed by atoms with Gasteiger partial charge in [0.05, 0.1) is 19.3 Å². The van der Waals surface area contributed by atoms with Gasteiger partial charge in [0.15, 0.2) is 5.82 Å². The highest BCUT2D eigenvalue weighted by Gasteiger charge is 2.28. The first-order valence-corrected chi connectivity index (χ1v) is 9.60. The molecule has 11 nitrogen and oxygen atoms in total. The normalized spacial score (nSPS) is 15.9. The standard InChI is InChI=1S/C19H20F2N8O3/c1-32-13-4-15(26-16-5-14(22)25-18(27-16)17(20)21)23-7-12(13)10-6-24-29(8-10)11-2-3-28(9-11)19(30)31/h4-8,11,17H,2-3,9H2,1H3,(H,30,31)(H3,22,23,25,26,27)/t11-/m1/s1. The average molecular weight is 446 g/mol. The maximum Gasteiger partial charge on any atom is 0.407 e. The second-order valence-electron chi connectivity index (χ2n) is 7.11. The molecular weight excluding hydrogens is 426 g/mol. The number of amides is 1. The number of ether oxygens (including phenoxy) is 1. The molecule has 0 radical (unpaired) electrons. The fraction of sp³-hybridized carbons (Fsp3) is 0.316. The molecule has 0 saturated carbocycles. The molecule has 3 aromatic heterocycles. The Labute approximate surface area is 180 Å². The molecule has 1 amide bonds. The summed E-state index contributed by atoms with van der Waals surface area (Å²) in [5.41, 5.74) is 6.97.